The molecule has 0 aliphatic rings. The van der Waals surface area contributed by atoms with Crippen LogP contribution in [-0.2, 0) is 22.6 Å². The van der Waals surface area contributed by atoms with E-state index in [0.717, 1.165) is 5.56 Å². The highest BCUT2D eigenvalue weighted by molar-refractivity contribution is 6.30. The summed E-state index contributed by atoms with van der Waals surface area (Å²) in [6, 6.07) is 11.9. The van der Waals surface area contributed by atoms with E-state index in [1.807, 2.05) is 0 Å². The molecule has 1 atom stereocenters. The standard InChI is InChI=1S/C22H21ClN2O6/c1-30-16-6-7-17-14(9-21(28)31-19(17)10-16)8-20(27)25-18(12-26)22(29)24-11-13-2-4-15(23)5-3-13/h2-7,9-10,18,26H,8,11-12H2,1H3,(H,24,29)(H,25,27). The third kappa shape index (κ3) is 5.84. The smallest absolute Gasteiger partial charge is 0.336 e. The number of aliphatic hydroxyl groups is 1. The number of carbonyl (C=O) groups is 2. The Bertz CT molecular complexity index is 1140. The maximum absolute atomic E-state index is 12.5. The Hall–Kier alpha value is -3.36. The van der Waals surface area contributed by atoms with E-state index >= 15 is 0 Å². The Morgan fingerprint density at radius 1 is 1.16 bits per heavy atom. The van der Waals surface area contributed by atoms with Gasteiger partial charge in [0.05, 0.1) is 20.1 Å². The zero-order valence-corrected chi connectivity index (χ0v) is 17.4. The lowest BCUT2D eigenvalue weighted by atomic mass is 10.1. The van der Waals surface area contributed by atoms with Gasteiger partial charge in [-0.15, -0.1) is 0 Å². The molecule has 0 saturated heterocycles. The number of methoxy groups -OCH3 is 1. The van der Waals surface area contributed by atoms with Gasteiger partial charge in [0, 0.05) is 29.1 Å². The molecule has 3 N–H and O–H groups in total. The predicted octanol–water partition coefficient (Wildman–Crippen LogP) is 1.79. The normalized spacial score (nSPS) is 11.7. The van der Waals surface area contributed by atoms with Crippen molar-refractivity contribution in [2.45, 2.75) is 19.0 Å². The number of benzene rings is 2. The SMILES string of the molecule is COc1ccc2c(CC(=O)NC(CO)C(=O)NCc3ccc(Cl)cc3)cc(=O)oc2c1. The van der Waals surface area contributed by atoms with E-state index in [1.54, 1.807) is 42.5 Å². The molecule has 1 unspecified atom stereocenters. The fourth-order valence-electron chi connectivity index (χ4n) is 3.01. The molecule has 31 heavy (non-hydrogen) atoms. The van der Waals surface area contributed by atoms with Crippen LogP contribution in [0, 0.1) is 0 Å². The van der Waals surface area contributed by atoms with Crippen LogP contribution in [0.5, 0.6) is 5.75 Å². The van der Waals surface area contributed by atoms with Crippen LogP contribution in [0.2, 0.25) is 5.02 Å². The first kappa shape index (κ1) is 22.3. The molecule has 0 aliphatic heterocycles. The minimum absolute atomic E-state index is 0.171. The molecule has 162 valence electrons. The van der Waals surface area contributed by atoms with Gasteiger partial charge in [-0.25, -0.2) is 4.79 Å². The van der Waals surface area contributed by atoms with Gasteiger partial charge in [0.25, 0.3) is 0 Å². The number of ether oxygens (including phenoxy) is 1. The topological polar surface area (TPSA) is 118 Å². The van der Waals surface area contributed by atoms with Crippen molar-refractivity contribution in [2.24, 2.45) is 0 Å². The van der Waals surface area contributed by atoms with E-state index in [9.17, 15) is 19.5 Å². The molecule has 3 rings (SSSR count). The molecular formula is C22H21ClN2O6. The average Bonchev–Trinajstić information content (AvgIpc) is 2.76. The fraction of sp³-hybridized carbons (Fsp3) is 0.227. The number of nitrogens with one attached hydrogen (secondary N) is 2. The summed E-state index contributed by atoms with van der Waals surface area (Å²) in [5, 5.41) is 15.8. The summed E-state index contributed by atoms with van der Waals surface area (Å²) in [4.78, 5) is 36.7. The maximum atomic E-state index is 12.5. The number of rotatable bonds is 8. The number of halogens is 1. The molecule has 0 saturated carbocycles. The lowest BCUT2D eigenvalue weighted by Crippen LogP contribution is -2.49. The quantitative estimate of drug-likeness (QED) is 0.456. The molecule has 8 nitrogen and oxygen atoms in total. The van der Waals surface area contributed by atoms with Gasteiger partial charge in [-0.1, -0.05) is 23.7 Å². The largest absolute Gasteiger partial charge is 0.497 e. The molecule has 0 radical (unpaired) electrons. The summed E-state index contributed by atoms with van der Waals surface area (Å²) in [6.07, 6.45) is -0.171. The number of amides is 2. The van der Waals surface area contributed by atoms with Crippen LogP contribution in [0.3, 0.4) is 0 Å². The van der Waals surface area contributed by atoms with E-state index in [4.69, 9.17) is 20.8 Å². The molecule has 0 spiro atoms. The molecule has 1 heterocycles. The van der Waals surface area contributed by atoms with Crippen LogP contribution in [0.25, 0.3) is 11.0 Å². The number of carbonyl (C=O) groups excluding carboxylic acids is 2. The van der Waals surface area contributed by atoms with Crippen molar-refractivity contribution in [3.63, 3.8) is 0 Å². The zero-order chi connectivity index (χ0) is 22.4. The number of aliphatic hydroxyl groups excluding tert-OH is 1. The summed E-state index contributed by atoms with van der Waals surface area (Å²) in [5.74, 6) is -0.550. The van der Waals surface area contributed by atoms with Gasteiger partial charge in [-0.2, -0.15) is 0 Å². The number of hydrogen-bond acceptors (Lipinski definition) is 6. The van der Waals surface area contributed by atoms with E-state index in [2.05, 4.69) is 10.6 Å². The van der Waals surface area contributed by atoms with E-state index in [0.29, 0.717) is 21.7 Å². The van der Waals surface area contributed by atoms with Crippen molar-refractivity contribution in [2.75, 3.05) is 13.7 Å². The number of hydrogen-bond donors (Lipinski definition) is 3. The van der Waals surface area contributed by atoms with Gasteiger partial charge in [-0.05, 0) is 35.4 Å². The predicted molar refractivity (Wildman–Crippen MR) is 115 cm³/mol. The van der Waals surface area contributed by atoms with Crippen molar-refractivity contribution in [3.05, 3.63) is 75.1 Å². The lowest BCUT2D eigenvalue weighted by Gasteiger charge is -2.16. The molecule has 2 aromatic carbocycles. The molecule has 1 aromatic heterocycles. The van der Waals surface area contributed by atoms with Gasteiger partial charge < -0.3 is 24.9 Å². The molecule has 0 bridgehead atoms. The van der Waals surface area contributed by atoms with Crippen LogP contribution in [0.4, 0.5) is 0 Å². The molecule has 9 heteroatoms. The number of fused-ring (bicyclic) bond motifs is 1. The van der Waals surface area contributed by atoms with E-state index < -0.39 is 30.1 Å². The van der Waals surface area contributed by atoms with Crippen molar-refractivity contribution < 1.29 is 23.8 Å². The summed E-state index contributed by atoms with van der Waals surface area (Å²) >= 11 is 5.83. The maximum Gasteiger partial charge on any atom is 0.336 e. The van der Waals surface area contributed by atoms with Crippen LogP contribution >= 0.6 is 11.6 Å². The first-order valence-corrected chi connectivity index (χ1v) is 9.80. The van der Waals surface area contributed by atoms with Crippen molar-refractivity contribution in [3.8, 4) is 5.75 Å². The van der Waals surface area contributed by atoms with Crippen LogP contribution < -0.4 is 21.0 Å². The third-order valence-corrected chi connectivity index (χ3v) is 4.85. The van der Waals surface area contributed by atoms with E-state index in [1.165, 1.54) is 13.2 Å². The highest BCUT2D eigenvalue weighted by Crippen LogP contribution is 2.22. The summed E-state index contributed by atoms with van der Waals surface area (Å²) in [6.45, 7) is -0.359. The van der Waals surface area contributed by atoms with Crippen molar-refractivity contribution >= 4 is 34.4 Å². The van der Waals surface area contributed by atoms with E-state index in [-0.39, 0.29) is 18.5 Å². The fourth-order valence-corrected chi connectivity index (χ4v) is 3.14. The van der Waals surface area contributed by atoms with Crippen LogP contribution in [0.15, 0.2) is 57.7 Å². The van der Waals surface area contributed by atoms with Gasteiger partial charge in [-0.3, -0.25) is 9.59 Å². The first-order chi connectivity index (χ1) is 14.9. The van der Waals surface area contributed by atoms with Gasteiger partial charge in [0.15, 0.2) is 0 Å². The Kier molecular flexibility index (Phi) is 7.28. The summed E-state index contributed by atoms with van der Waals surface area (Å²) in [5.41, 5.74) is 0.931. The van der Waals surface area contributed by atoms with Crippen LogP contribution in [-0.4, -0.2) is 36.7 Å². The van der Waals surface area contributed by atoms with Crippen molar-refractivity contribution in [1.29, 1.82) is 0 Å². The van der Waals surface area contributed by atoms with Crippen LogP contribution in [0.1, 0.15) is 11.1 Å². The Balaban J connectivity index is 1.66. The molecular weight excluding hydrogens is 424 g/mol. The summed E-state index contributed by atoms with van der Waals surface area (Å²) in [7, 11) is 1.49. The molecule has 0 fully saturated rings. The Morgan fingerprint density at radius 2 is 1.90 bits per heavy atom. The minimum Gasteiger partial charge on any atom is -0.497 e. The monoisotopic (exact) mass is 444 g/mol. The zero-order valence-electron chi connectivity index (χ0n) is 16.7. The highest BCUT2D eigenvalue weighted by Gasteiger charge is 2.20. The molecule has 0 aliphatic carbocycles. The average molecular weight is 445 g/mol. The highest BCUT2D eigenvalue weighted by atomic mass is 35.5. The Labute approximate surface area is 182 Å². The second-order valence-electron chi connectivity index (χ2n) is 6.78. The Morgan fingerprint density at radius 3 is 2.58 bits per heavy atom. The molecule has 2 amide bonds. The van der Waals surface area contributed by atoms with Gasteiger partial charge >= 0.3 is 5.63 Å². The van der Waals surface area contributed by atoms with Crippen molar-refractivity contribution in [1.82, 2.24) is 10.6 Å². The van der Waals surface area contributed by atoms with Gasteiger partial charge in [0.2, 0.25) is 11.8 Å². The van der Waals surface area contributed by atoms with Gasteiger partial charge in [0.1, 0.15) is 17.4 Å². The third-order valence-electron chi connectivity index (χ3n) is 4.60. The second kappa shape index (κ2) is 10.1. The minimum atomic E-state index is -1.13. The molecule has 3 aromatic rings. The summed E-state index contributed by atoms with van der Waals surface area (Å²) < 4.78 is 10.3. The second-order valence-corrected chi connectivity index (χ2v) is 7.21. The lowest BCUT2D eigenvalue weighted by molar-refractivity contribution is -0.129. The first-order valence-electron chi connectivity index (χ1n) is 9.42.